The highest BCUT2D eigenvalue weighted by atomic mass is 19.1. The Hall–Kier alpha value is -2.70. The standard InChI is InChI=1S/C18H22FN3O3/c1-5-22(10-13-6-7-16(25-4)15(19)8-13)17(23)9-14-11(2)20-18(24)21-12(14)3/h6-8H,5,9-10H2,1-4H3,(H,20,21,24). The van der Waals surface area contributed by atoms with Crippen molar-refractivity contribution in [3.63, 3.8) is 0 Å². The first kappa shape index (κ1) is 18.6. The van der Waals surface area contributed by atoms with Gasteiger partial charge in [-0.05, 0) is 38.5 Å². The van der Waals surface area contributed by atoms with Crippen LogP contribution >= 0.6 is 0 Å². The monoisotopic (exact) mass is 347 g/mol. The quantitative estimate of drug-likeness (QED) is 0.869. The van der Waals surface area contributed by atoms with Crippen molar-refractivity contribution in [3.05, 3.63) is 57.0 Å². The number of nitrogens with zero attached hydrogens (tertiary/aromatic N) is 2. The van der Waals surface area contributed by atoms with Crippen LogP contribution in [-0.2, 0) is 17.8 Å². The van der Waals surface area contributed by atoms with Crippen LogP contribution in [0.5, 0.6) is 5.75 Å². The molecule has 0 saturated heterocycles. The van der Waals surface area contributed by atoms with Gasteiger partial charge in [-0.15, -0.1) is 0 Å². The zero-order chi connectivity index (χ0) is 18.6. The van der Waals surface area contributed by atoms with Crippen LogP contribution in [0.25, 0.3) is 0 Å². The molecule has 1 heterocycles. The van der Waals surface area contributed by atoms with Crippen LogP contribution in [0.15, 0.2) is 23.0 Å². The number of H-pyrrole nitrogens is 1. The first-order valence-electron chi connectivity index (χ1n) is 8.02. The largest absolute Gasteiger partial charge is 0.494 e. The normalized spacial score (nSPS) is 10.6. The van der Waals surface area contributed by atoms with E-state index in [0.717, 1.165) is 0 Å². The summed E-state index contributed by atoms with van der Waals surface area (Å²) in [6.45, 7) is 6.10. The fourth-order valence-corrected chi connectivity index (χ4v) is 2.68. The van der Waals surface area contributed by atoms with Crippen molar-refractivity contribution in [1.29, 1.82) is 0 Å². The lowest BCUT2D eigenvalue weighted by Gasteiger charge is -2.22. The molecule has 1 aromatic heterocycles. The average molecular weight is 347 g/mol. The number of rotatable bonds is 6. The van der Waals surface area contributed by atoms with E-state index in [2.05, 4.69) is 9.97 Å². The first-order valence-corrected chi connectivity index (χ1v) is 8.02. The number of halogens is 1. The third kappa shape index (κ3) is 4.43. The molecule has 0 aliphatic carbocycles. The second kappa shape index (κ2) is 7.92. The van der Waals surface area contributed by atoms with Crippen molar-refractivity contribution in [2.75, 3.05) is 13.7 Å². The number of methoxy groups -OCH3 is 1. The number of hydrogen-bond acceptors (Lipinski definition) is 4. The highest BCUT2D eigenvalue weighted by molar-refractivity contribution is 5.79. The molecule has 134 valence electrons. The molecule has 0 unspecified atom stereocenters. The summed E-state index contributed by atoms with van der Waals surface area (Å²) in [4.78, 5) is 32.1. The Morgan fingerprint density at radius 2 is 2.08 bits per heavy atom. The van der Waals surface area contributed by atoms with Crippen LogP contribution in [0.4, 0.5) is 4.39 Å². The molecule has 0 atom stereocenters. The predicted molar refractivity (Wildman–Crippen MR) is 92.1 cm³/mol. The summed E-state index contributed by atoms with van der Waals surface area (Å²) in [5.41, 5.74) is 2.15. The maximum Gasteiger partial charge on any atom is 0.345 e. The number of benzene rings is 1. The van der Waals surface area contributed by atoms with E-state index >= 15 is 0 Å². The summed E-state index contributed by atoms with van der Waals surface area (Å²) in [5.74, 6) is -0.400. The minimum absolute atomic E-state index is 0.112. The summed E-state index contributed by atoms with van der Waals surface area (Å²) in [5, 5.41) is 0. The smallest absolute Gasteiger partial charge is 0.345 e. The summed E-state index contributed by atoms with van der Waals surface area (Å²) < 4.78 is 18.7. The molecule has 1 amide bonds. The predicted octanol–water partition coefficient (Wildman–Crippen LogP) is 2.13. The van der Waals surface area contributed by atoms with Crippen molar-refractivity contribution in [2.45, 2.75) is 33.7 Å². The number of hydrogen-bond donors (Lipinski definition) is 1. The Bertz CT molecular complexity index is 807. The van der Waals surface area contributed by atoms with Crippen LogP contribution in [0.2, 0.25) is 0 Å². The molecule has 25 heavy (non-hydrogen) atoms. The minimum Gasteiger partial charge on any atom is -0.494 e. The molecule has 1 aromatic carbocycles. The third-order valence-corrected chi connectivity index (χ3v) is 4.11. The van der Waals surface area contributed by atoms with Crippen molar-refractivity contribution in [1.82, 2.24) is 14.9 Å². The molecule has 0 bridgehead atoms. The van der Waals surface area contributed by atoms with E-state index in [-0.39, 0.29) is 18.1 Å². The van der Waals surface area contributed by atoms with Gasteiger partial charge in [0, 0.05) is 30.0 Å². The summed E-state index contributed by atoms with van der Waals surface area (Å²) in [7, 11) is 1.41. The van der Waals surface area contributed by atoms with Gasteiger partial charge in [0.1, 0.15) is 0 Å². The maximum atomic E-state index is 13.8. The topological polar surface area (TPSA) is 75.3 Å². The Morgan fingerprint density at radius 1 is 1.36 bits per heavy atom. The molecule has 2 aromatic rings. The van der Waals surface area contributed by atoms with E-state index in [0.29, 0.717) is 35.6 Å². The summed E-state index contributed by atoms with van der Waals surface area (Å²) in [6.07, 6.45) is 0.133. The number of carbonyl (C=O) groups excluding carboxylic acids is 1. The number of carbonyl (C=O) groups is 1. The van der Waals surface area contributed by atoms with Crippen LogP contribution < -0.4 is 10.4 Å². The van der Waals surface area contributed by atoms with Gasteiger partial charge in [0.15, 0.2) is 11.6 Å². The molecule has 0 aliphatic rings. The van der Waals surface area contributed by atoms with Crippen molar-refractivity contribution >= 4 is 5.91 Å². The van der Waals surface area contributed by atoms with Gasteiger partial charge in [0.2, 0.25) is 5.91 Å². The Morgan fingerprint density at radius 3 is 2.64 bits per heavy atom. The zero-order valence-electron chi connectivity index (χ0n) is 14.9. The minimum atomic E-state index is -0.458. The van der Waals surface area contributed by atoms with Gasteiger partial charge >= 0.3 is 5.69 Å². The van der Waals surface area contributed by atoms with Gasteiger partial charge in [0.05, 0.1) is 13.5 Å². The summed E-state index contributed by atoms with van der Waals surface area (Å²) >= 11 is 0. The highest BCUT2D eigenvalue weighted by Crippen LogP contribution is 2.19. The van der Waals surface area contributed by atoms with Crippen molar-refractivity contribution in [2.24, 2.45) is 0 Å². The Kier molecular flexibility index (Phi) is 5.90. The molecular weight excluding hydrogens is 325 g/mol. The van der Waals surface area contributed by atoms with Gasteiger partial charge in [-0.25, -0.2) is 9.18 Å². The summed E-state index contributed by atoms with van der Waals surface area (Å²) in [6, 6.07) is 4.64. The van der Waals surface area contributed by atoms with Gasteiger partial charge in [0.25, 0.3) is 0 Å². The van der Waals surface area contributed by atoms with E-state index in [9.17, 15) is 14.0 Å². The lowest BCUT2D eigenvalue weighted by Crippen LogP contribution is -2.32. The molecule has 1 N–H and O–H groups in total. The number of nitrogens with one attached hydrogen (secondary N) is 1. The molecule has 0 aliphatic heterocycles. The molecule has 0 fully saturated rings. The molecule has 0 saturated carbocycles. The Labute approximate surface area is 145 Å². The van der Waals surface area contributed by atoms with E-state index in [1.54, 1.807) is 30.9 Å². The fraction of sp³-hybridized carbons (Fsp3) is 0.389. The van der Waals surface area contributed by atoms with Crippen LogP contribution in [0, 0.1) is 19.7 Å². The number of aromatic amines is 1. The van der Waals surface area contributed by atoms with E-state index in [1.807, 2.05) is 6.92 Å². The molecule has 7 heteroatoms. The van der Waals surface area contributed by atoms with Crippen molar-refractivity contribution in [3.8, 4) is 5.75 Å². The molecular formula is C18H22FN3O3. The number of likely N-dealkylation sites (N-methyl/N-ethyl adjacent to an activating group) is 1. The van der Waals surface area contributed by atoms with Crippen LogP contribution in [0.3, 0.4) is 0 Å². The second-order valence-electron chi connectivity index (χ2n) is 5.78. The van der Waals surface area contributed by atoms with Gasteiger partial charge < -0.3 is 14.6 Å². The molecule has 2 rings (SSSR count). The van der Waals surface area contributed by atoms with Crippen LogP contribution in [0.1, 0.15) is 29.4 Å². The molecule has 0 radical (unpaired) electrons. The van der Waals surface area contributed by atoms with E-state index < -0.39 is 11.5 Å². The SMILES string of the molecule is CCN(Cc1ccc(OC)c(F)c1)C(=O)Cc1c(C)nc(=O)[nH]c1C. The van der Waals surface area contributed by atoms with Crippen LogP contribution in [-0.4, -0.2) is 34.4 Å². The third-order valence-electron chi connectivity index (χ3n) is 4.11. The highest BCUT2D eigenvalue weighted by Gasteiger charge is 2.17. The lowest BCUT2D eigenvalue weighted by molar-refractivity contribution is -0.130. The maximum absolute atomic E-state index is 13.8. The fourth-order valence-electron chi connectivity index (χ4n) is 2.68. The first-order chi connectivity index (χ1) is 11.8. The lowest BCUT2D eigenvalue weighted by atomic mass is 10.1. The second-order valence-corrected chi connectivity index (χ2v) is 5.78. The Balaban J connectivity index is 2.16. The van der Waals surface area contributed by atoms with Crippen molar-refractivity contribution < 1.29 is 13.9 Å². The van der Waals surface area contributed by atoms with E-state index in [1.165, 1.54) is 13.2 Å². The van der Waals surface area contributed by atoms with Gasteiger partial charge in [-0.3, -0.25) is 4.79 Å². The number of aryl methyl sites for hydroxylation is 2. The van der Waals surface area contributed by atoms with Gasteiger partial charge in [-0.2, -0.15) is 4.98 Å². The molecule has 6 nitrogen and oxygen atoms in total. The number of amides is 1. The zero-order valence-corrected chi connectivity index (χ0v) is 14.9. The average Bonchev–Trinajstić information content (AvgIpc) is 2.55. The van der Waals surface area contributed by atoms with Gasteiger partial charge in [-0.1, -0.05) is 6.07 Å². The number of aromatic nitrogens is 2. The molecule has 0 spiro atoms. The number of ether oxygens (including phenoxy) is 1. The van der Waals surface area contributed by atoms with E-state index in [4.69, 9.17) is 4.74 Å².